The SMILES string of the molecule is CC(C)(C)C.Oc1ccccc1. The zero-order valence-corrected chi connectivity index (χ0v) is 8.33. The van der Waals surface area contributed by atoms with Crippen molar-refractivity contribution in [1.82, 2.24) is 0 Å². The van der Waals surface area contributed by atoms with Crippen LogP contribution in [-0.4, -0.2) is 5.11 Å². The molecule has 0 aliphatic rings. The predicted molar refractivity (Wildman–Crippen MR) is 53.2 cm³/mol. The van der Waals surface area contributed by atoms with Crippen molar-refractivity contribution < 1.29 is 5.11 Å². The molecule has 0 bridgehead atoms. The second kappa shape index (κ2) is 4.81. The normalized spacial score (nSPS) is 10.0. The van der Waals surface area contributed by atoms with E-state index in [0.717, 1.165) is 0 Å². The third-order valence-electron chi connectivity index (χ3n) is 0.756. The molecule has 0 aliphatic heterocycles. The Bertz CT molecular complexity index is 190. The summed E-state index contributed by atoms with van der Waals surface area (Å²) in [6.07, 6.45) is 0. The predicted octanol–water partition coefficient (Wildman–Crippen LogP) is 3.44. The van der Waals surface area contributed by atoms with E-state index in [1.807, 2.05) is 6.07 Å². The summed E-state index contributed by atoms with van der Waals surface area (Å²) in [6, 6.07) is 8.71. The highest BCUT2D eigenvalue weighted by molar-refractivity contribution is 5.18. The third kappa shape index (κ3) is 11.8. The van der Waals surface area contributed by atoms with Crippen LogP contribution >= 0.6 is 0 Å². The molecule has 0 amide bonds. The monoisotopic (exact) mass is 166 g/mol. The van der Waals surface area contributed by atoms with Gasteiger partial charge in [0.05, 0.1) is 0 Å². The van der Waals surface area contributed by atoms with E-state index in [1.165, 1.54) is 0 Å². The van der Waals surface area contributed by atoms with E-state index in [9.17, 15) is 0 Å². The first-order valence-corrected chi connectivity index (χ1v) is 4.13. The highest BCUT2D eigenvalue weighted by atomic mass is 16.3. The molecule has 0 heterocycles. The van der Waals surface area contributed by atoms with Gasteiger partial charge >= 0.3 is 0 Å². The number of phenolic OH excluding ortho intramolecular Hbond substituents is 1. The van der Waals surface area contributed by atoms with Crippen molar-refractivity contribution >= 4 is 0 Å². The zero-order valence-electron chi connectivity index (χ0n) is 8.33. The lowest BCUT2D eigenvalue weighted by atomic mass is 10.0. The number of para-hydroxylation sites is 1. The molecule has 0 atom stereocenters. The van der Waals surface area contributed by atoms with Gasteiger partial charge in [-0.2, -0.15) is 0 Å². The fourth-order valence-electron chi connectivity index (χ4n) is 0.428. The minimum atomic E-state index is 0.322. The van der Waals surface area contributed by atoms with Crippen LogP contribution in [0.15, 0.2) is 30.3 Å². The quantitative estimate of drug-likeness (QED) is 0.626. The standard InChI is InChI=1S/C6H6O.C5H12/c7-6-4-2-1-3-5-6;1-5(2,3)4/h1-5,7H;1-4H3. The van der Waals surface area contributed by atoms with E-state index in [2.05, 4.69) is 27.7 Å². The van der Waals surface area contributed by atoms with Gasteiger partial charge in [-0.25, -0.2) is 0 Å². The Morgan fingerprint density at radius 1 is 0.917 bits per heavy atom. The summed E-state index contributed by atoms with van der Waals surface area (Å²) >= 11 is 0. The van der Waals surface area contributed by atoms with E-state index < -0.39 is 0 Å². The Morgan fingerprint density at radius 3 is 1.42 bits per heavy atom. The number of aromatic hydroxyl groups is 1. The van der Waals surface area contributed by atoms with E-state index in [4.69, 9.17) is 5.11 Å². The lowest BCUT2D eigenvalue weighted by molar-refractivity contribution is 0.469. The van der Waals surface area contributed by atoms with Crippen LogP contribution in [0.1, 0.15) is 27.7 Å². The van der Waals surface area contributed by atoms with Crippen LogP contribution < -0.4 is 0 Å². The van der Waals surface area contributed by atoms with Gasteiger partial charge in [0.15, 0.2) is 0 Å². The Kier molecular flexibility index (Phi) is 4.42. The molecule has 68 valence electrons. The van der Waals surface area contributed by atoms with Gasteiger partial charge < -0.3 is 5.11 Å². The van der Waals surface area contributed by atoms with Gasteiger partial charge in [-0.15, -0.1) is 0 Å². The average Bonchev–Trinajstić information content (AvgIpc) is 1.85. The summed E-state index contributed by atoms with van der Waals surface area (Å²) in [7, 11) is 0. The van der Waals surface area contributed by atoms with Crippen LogP contribution in [0.25, 0.3) is 0 Å². The second-order valence-electron chi connectivity index (χ2n) is 4.34. The van der Waals surface area contributed by atoms with Crippen molar-refractivity contribution in [3.63, 3.8) is 0 Å². The summed E-state index contributed by atoms with van der Waals surface area (Å²) in [5.41, 5.74) is 0.500. The van der Waals surface area contributed by atoms with Crippen molar-refractivity contribution in [2.75, 3.05) is 0 Å². The van der Waals surface area contributed by atoms with Gasteiger partial charge in [0, 0.05) is 0 Å². The fraction of sp³-hybridized carbons (Fsp3) is 0.455. The number of phenols is 1. The van der Waals surface area contributed by atoms with Crippen molar-refractivity contribution in [3.8, 4) is 5.75 Å². The molecule has 1 aromatic carbocycles. The van der Waals surface area contributed by atoms with Crippen LogP contribution in [0.5, 0.6) is 5.75 Å². The van der Waals surface area contributed by atoms with Crippen molar-refractivity contribution in [3.05, 3.63) is 30.3 Å². The molecule has 1 heteroatoms. The van der Waals surface area contributed by atoms with E-state index in [-0.39, 0.29) is 0 Å². The number of rotatable bonds is 0. The summed E-state index contributed by atoms with van der Waals surface area (Å²) in [6.45, 7) is 8.75. The number of hydrogen-bond acceptors (Lipinski definition) is 1. The number of hydrogen-bond donors (Lipinski definition) is 1. The maximum atomic E-state index is 8.63. The number of benzene rings is 1. The third-order valence-corrected chi connectivity index (χ3v) is 0.756. The van der Waals surface area contributed by atoms with Crippen LogP contribution in [0, 0.1) is 5.41 Å². The van der Waals surface area contributed by atoms with Crippen molar-refractivity contribution in [2.45, 2.75) is 27.7 Å². The van der Waals surface area contributed by atoms with E-state index in [0.29, 0.717) is 11.2 Å². The first kappa shape index (κ1) is 11.0. The molecule has 1 N–H and O–H groups in total. The summed E-state index contributed by atoms with van der Waals surface area (Å²) in [4.78, 5) is 0. The largest absolute Gasteiger partial charge is 0.508 e. The molecule has 1 rings (SSSR count). The van der Waals surface area contributed by atoms with Crippen LogP contribution in [-0.2, 0) is 0 Å². The maximum absolute atomic E-state index is 8.63. The minimum absolute atomic E-state index is 0.322. The molecule has 0 aromatic heterocycles. The van der Waals surface area contributed by atoms with Crippen molar-refractivity contribution in [1.29, 1.82) is 0 Å². The molecular weight excluding hydrogens is 148 g/mol. The first-order chi connectivity index (χ1) is 5.39. The maximum Gasteiger partial charge on any atom is 0.115 e. The highest BCUT2D eigenvalue weighted by Gasteiger charge is 1.95. The Hall–Kier alpha value is -0.980. The Morgan fingerprint density at radius 2 is 1.25 bits per heavy atom. The van der Waals surface area contributed by atoms with Gasteiger partial charge in [0.2, 0.25) is 0 Å². The zero-order chi connectivity index (χ0) is 9.61. The molecule has 0 saturated carbocycles. The van der Waals surface area contributed by atoms with Gasteiger partial charge in [-0.3, -0.25) is 0 Å². The molecule has 1 aromatic rings. The molecule has 0 fully saturated rings. The molecular formula is C11H18O. The smallest absolute Gasteiger partial charge is 0.115 e. The van der Waals surface area contributed by atoms with Gasteiger partial charge in [-0.1, -0.05) is 45.9 Å². The lowest BCUT2D eigenvalue weighted by Crippen LogP contribution is -1.93. The topological polar surface area (TPSA) is 20.2 Å². The molecule has 1 nitrogen and oxygen atoms in total. The van der Waals surface area contributed by atoms with Crippen molar-refractivity contribution in [2.24, 2.45) is 5.41 Å². The average molecular weight is 166 g/mol. The van der Waals surface area contributed by atoms with E-state index in [1.54, 1.807) is 24.3 Å². The Balaban J connectivity index is 0.000000217. The fourth-order valence-corrected chi connectivity index (χ4v) is 0.428. The molecule has 0 radical (unpaired) electrons. The van der Waals surface area contributed by atoms with Gasteiger partial charge in [0.25, 0.3) is 0 Å². The summed E-state index contributed by atoms with van der Waals surface area (Å²) in [5.74, 6) is 0.322. The molecule has 0 spiro atoms. The second-order valence-corrected chi connectivity index (χ2v) is 4.34. The molecule has 0 unspecified atom stereocenters. The van der Waals surface area contributed by atoms with Gasteiger partial charge in [0.1, 0.15) is 5.75 Å². The lowest BCUT2D eigenvalue weighted by Gasteiger charge is -2.05. The summed E-state index contributed by atoms with van der Waals surface area (Å²) in [5, 5.41) is 8.63. The summed E-state index contributed by atoms with van der Waals surface area (Å²) < 4.78 is 0. The molecule has 0 saturated heterocycles. The molecule has 12 heavy (non-hydrogen) atoms. The van der Waals surface area contributed by atoms with Crippen LogP contribution in [0.3, 0.4) is 0 Å². The van der Waals surface area contributed by atoms with Crippen LogP contribution in [0.2, 0.25) is 0 Å². The Labute approximate surface area is 75.1 Å². The molecule has 0 aliphatic carbocycles. The van der Waals surface area contributed by atoms with Gasteiger partial charge in [-0.05, 0) is 17.5 Å². The highest BCUT2D eigenvalue weighted by Crippen LogP contribution is 2.08. The minimum Gasteiger partial charge on any atom is -0.508 e. The first-order valence-electron chi connectivity index (χ1n) is 4.13. The van der Waals surface area contributed by atoms with E-state index >= 15 is 0 Å². The van der Waals surface area contributed by atoms with Crippen LogP contribution in [0.4, 0.5) is 0 Å².